The normalized spacial score (nSPS) is 25.2. The van der Waals surface area contributed by atoms with E-state index in [0.29, 0.717) is 19.3 Å². The van der Waals surface area contributed by atoms with Gasteiger partial charge in [-0.2, -0.15) is 22.0 Å². The highest BCUT2D eigenvalue weighted by Gasteiger charge is 2.70. The molecule has 1 aliphatic heterocycles. The Balaban J connectivity index is 2.55. The molecule has 1 fully saturated rings. The fraction of sp³-hybridized carbons (Fsp3) is 0.571. The molecule has 1 heterocycles. The molecule has 0 bridgehead atoms. The van der Waals surface area contributed by atoms with Gasteiger partial charge in [0.15, 0.2) is 0 Å². The highest BCUT2D eigenvalue weighted by atomic mass is 19.4. The Hall–Kier alpha value is -1.17. The third kappa shape index (κ3) is 2.41. The Morgan fingerprint density at radius 2 is 1.55 bits per heavy atom. The molecule has 0 radical (unpaired) electrons. The van der Waals surface area contributed by atoms with Gasteiger partial charge in [-0.1, -0.05) is 43.2 Å². The maximum absolute atomic E-state index is 14.2. The fourth-order valence-electron chi connectivity index (χ4n) is 2.74. The first-order valence-electron chi connectivity index (χ1n) is 6.56. The molecule has 0 amide bonds. The van der Waals surface area contributed by atoms with Crippen LogP contribution in [-0.2, 0) is 5.54 Å². The third-order valence-corrected chi connectivity index (χ3v) is 3.81. The molecule has 0 aromatic heterocycles. The summed E-state index contributed by atoms with van der Waals surface area (Å²) in [5.41, 5.74) is -2.38. The molecule has 1 aromatic carbocycles. The van der Waals surface area contributed by atoms with Crippen molar-refractivity contribution in [1.29, 1.82) is 0 Å². The van der Waals surface area contributed by atoms with Gasteiger partial charge in [0.25, 0.3) is 0 Å². The summed E-state index contributed by atoms with van der Waals surface area (Å²) in [5.74, 6) is -4.81. The Morgan fingerprint density at radius 1 is 0.900 bits per heavy atom. The van der Waals surface area contributed by atoms with Gasteiger partial charge in [0.2, 0.25) is 0 Å². The van der Waals surface area contributed by atoms with Gasteiger partial charge in [-0.15, -0.1) is 0 Å². The first-order valence-corrected chi connectivity index (χ1v) is 6.56. The van der Waals surface area contributed by atoms with E-state index in [0.717, 1.165) is 0 Å². The molecule has 6 heteroatoms. The van der Waals surface area contributed by atoms with Crippen LogP contribution in [0.15, 0.2) is 30.3 Å². The van der Waals surface area contributed by atoms with E-state index in [4.69, 9.17) is 0 Å². The molecule has 1 atom stereocenters. The standard InChI is InChI=1S/C14H16F5N/c15-13(16,14(17,18)19)12(9-5-2-6-10-20-12)11-7-3-1-4-8-11/h1,3-4,7-8,20H,2,5-6,9-10H2. The number of nitrogens with one attached hydrogen (secondary N) is 1. The van der Waals surface area contributed by atoms with Crippen molar-refractivity contribution in [2.24, 2.45) is 0 Å². The van der Waals surface area contributed by atoms with Gasteiger partial charge in [0, 0.05) is 0 Å². The minimum atomic E-state index is -5.58. The van der Waals surface area contributed by atoms with Gasteiger partial charge in [-0.25, -0.2) is 0 Å². The number of benzene rings is 1. The number of rotatable bonds is 2. The van der Waals surface area contributed by atoms with E-state index in [9.17, 15) is 22.0 Å². The van der Waals surface area contributed by atoms with E-state index in [1.165, 1.54) is 24.3 Å². The van der Waals surface area contributed by atoms with Crippen molar-refractivity contribution in [3.8, 4) is 0 Å². The number of alkyl halides is 5. The summed E-state index contributed by atoms with van der Waals surface area (Å²) in [5, 5.41) is 2.49. The molecule has 0 saturated carbocycles. The molecule has 2 rings (SSSR count). The molecule has 1 aliphatic rings. The van der Waals surface area contributed by atoms with E-state index in [2.05, 4.69) is 5.32 Å². The summed E-state index contributed by atoms with van der Waals surface area (Å²) in [7, 11) is 0. The largest absolute Gasteiger partial charge is 0.455 e. The van der Waals surface area contributed by atoms with Crippen molar-refractivity contribution in [2.45, 2.75) is 43.3 Å². The van der Waals surface area contributed by atoms with Gasteiger partial charge in [0.05, 0.1) is 0 Å². The predicted molar refractivity (Wildman–Crippen MR) is 65.6 cm³/mol. The first kappa shape index (κ1) is 15.2. The summed E-state index contributed by atoms with van der Waals surface area (Å²) < 4.78 is 67.0. The van der Waals surface area contributed by atoms with E-state index < -0.39 is 17.6 Å². The van der Waals surface area contributed by atoms with Crippen LogP contribution in [0.2, 0.25) is 0 Å². The van der Waals surface area contributed by atoms with Crippen LogP contribution in [0.5, 0.6) is 0 Å². The summed E-state index contributed by atoms with van der Waals surface area (Å²) in [6.45, 7) is 0.153. The molecule has 0 spiro atoms. The quantitative estimate of drug-likeness (QED) is 0.804. The summed E-state index contributed by atoms with van der Waals surface area (Å²) in [6, 6.07) is 7.22. The van der Waals surface area contributed by atoms with Crippen molar-refractivity contribution >= 4 is 0 Å². The maximum atomic E-state index is 14.2. The second-order valence-electron chi connectivity index (χ2n) is 5.08. The van der Waals surface area contributed by atoms with Crippen LogP contribution in [-0.4, -0.2) is 18.6 Å². The molecule has 1 unspecified atom stereocenters. The topological polar surface area (TPSA) is 12.0 Å². The molecular weight excluding hydrogens is 277 g/mol. The lowest BCUT2D eigenvalue weighted by atomic mass is 9.79. The number of halogens is 5. The van der Waals surface area contributed by atoms with Crippen LogP contribution >= 0.6 is 0 Å². The molecule has 1 aromatic rings. The minimum Gasteiger partial charge on any atom is -0.302 e. The zero-order chi connectivity index (χ0) is 14.9. The first-order chi connectivity index (χ1) is 9.31. The number of hydrogen-bond donors (Lipinski definition) is 1. The molecule has 112 valence electrons. The Kier molecular flexibility index (Phi) is 4.04. The van der Waals surface area contributed by atoms with Crippen molar-refractivity contribution in [3.63, 3.8) is 0 Å². The Bertz CT molecular complexity index is 433. The Labute approximate surface area is 114 Å². The molecule has 0 aliphatic carbocycles. The molecule has 1 N–H and O–H groups in total. The van der Waals surface area contributed by atoms with Gasteiger partial charge in [-0.3, -0.25) is 0 Å². The average Bonchev–Trinajstić information content (AvgIpc) is 2.65. The monoisotopic (exact) mass is 293 g/mol. The zero-order valence-electron chi connectivity index (χ0n) is 10.8. The van der Waals surface area contributed by atoms with Crippen LogP contribution in [0.1, 0.15) is 31.2 Å². The van der Waals surface area contributed by atoms with Gasteiger partial charge >= 0.3 is 12.1 Å². The minimum absolute atomic E-state index is 0.00998. The maximum Gasteiger partial charge on any atom is 0.455 e. The molecule has 1 saturated heterocycles. The fourth-order valence-corrected chi connectivity index (χ4v) is 2.74. The van der Waals surface area contributed by atoms with E-state index in [-0.39, 0.29) is 18.5 Å². The lowest BCUT2D eigenvalue weighted by Crippen LogP contribution is -2.62. The molecular formula is C14H16F5N. The lowest BCUT2D eigenvalue weighted by Gasteiger charge is -2.41. The molecule has 20 heavy (non-hydrogen) atoms. The van der Waals surface area contributed by atoms with Crippen LogP contribution in [0, 0.1) is 0 Å². The second-order valence-corrected chi connectivity index (χ2v) is 5.08. The van der Waals surface area contributed by atoms with Gasteiger partial charge in [-0.05, 0) is 24.9 Å². The molecule has 1 nitrogen and oxygen atoms in total. The van der Waals surface area contributed by atoms with E-state index in [1.54, 1.807) is 6.07 Å². The third-order valence-electron chi connectivity index (χ3n) is 3.81. The van der Waals surface area contributed by atoms with Gasteiger partial charge < -0.3 is 5.32 Å². The SMILES string of the molecule is FC(F)(F)C(F)(F)C1(c2ccccc2)CCCCCN1. The lowest BCUT2D eigenvalue weighted by molar-refractivity contribution is -0.315. The van der Waals surface area contributed by atoms with Crippen LogP contribution in [0.3, 0.4) is 0 Å². The summed E-state index contributed by atoms with van der Waals surface area (Å²) >= 11 is 0. The van der Waals surface area contributed by atoms with Crippen molar-refractivity contribution in [1.82, 2.24) is 5.32 Å². The summed E-state index contributed by atoms with van der Waals surface area (Å²) in [4.78, 5) is 0. The predicted octanol–water partition coefficient (Wildman–Crippen LogP) is 4.24. The van der Waals surface area contributed by atoms with Crippen molar-refractivity contribution in [3.05, 3.63) is 35.9 Å². The highest BCUT2D eigenvalue weighted by molar-refractivity contribution is 5.29. The van der Waals surface area contributed by atoms with Crippen LogP contribution in [0.25, 0.3) is 0 Å². The summed E-state index contributed by atoms with van der Waals surface area (Å²) in [6.07, 6.45) is -4.23. The van der Waals surface area contributed by atoms with Crippen LogP contribution in [0.4, 0.5) is 22.0 Å². The highest BCUT2D eigenvalue weighted by Crippen LogP contribution is 2.51. The Morgan fingerprint density at radius 3 is 2.15 bits per heavy atom. The van der Waals surface area contributed by atoms with Crippen molar-refractivity contribution < 1.29 is 22.0 Å². The van der Waals surface area contributed by atoms with Crippen molar-refractivity contribution in [2.75, 3.05) is 6.54 Å². The second kappa shape index (κ2) is 5.31. The van der Waals surface area contributed by atoms with E-state index in [1.807, 2.05) is 0 Å². The van der Waals surface area contributed by atoms with Crippen LogP contribution < -0.4 is 5.32 Å². The van der Waals surface area contributed by atoms with Gasteiger partial charge in [0.1, 0.15) is 5.54 Å². The van der Waals surface area contributed by atoms with E-state index >= 15 is 0 Å². The smallest absolute Gasteiger partial charge is 0.302 e. The zero-order valence-corrected chi connectivity index (χ0v) is 10.8. The number of hydrogen-bond acceptors (Lipinski definition) is 1. The average molecular weight is 293 g/mol.